The summed E-state index contributed by atoms with van der Waals surface area (Å²) in [7, 11) is -2.75. The molecule has 0 unspecified atom stereocenters. The lowest BCUT2D eigenvalue weighted by atomic mass is 10.1. The molecule has 0 saturated carbocycles. The molecule has 0 aromatic heterocycles. The molecular formula is C30H37NO2Si. The van der Waals surface area contributed by atoms with Gasteiger partial charge in [-0.15, -0.1) is 6.58 Å². The molecule has 0 amide bonds. The Morgan fingerprint density at radius 3 is 1.85 bits per heavy atom. The Kier molecular flexibility index (Phi) is 9.03. The van der Waals surface area contributed by atoms with Crippen molar-refractivity contribution in [2.24, 2.45) is 0 Å². The lowest BCUT2D eigenvalue weighted by Crippen LogP contribution is -2.68. The van der Waals surface area contributed by atoms with Crippen molar-refractivity contribution in [1.82, 2.24) is 0 Å². The first-order chi connectivity index (χ1) is 16.4. The zero-order valence-electron chi connectivity index (χ0n) is 20.7. The zero-order valence-corrected chi connectivity index (χ0v) is 21.7. The Bertz CT molecular complexity index is 1000. The van der Waals surface area contributed by atoms with E-state index in [1.165, 1.54) is 10.4 Å². The molecule has 3 aromatic carbocycles. The number of benzene rings is 3. The van der Waals surface area contributed by atoms with Crippen molar-refractivity contribution in [3.63, 3.8) is 0 Å². The summed E-state index contributed by atoms with van der Waals surface area (Å²) in [6.07, 6.45) is 5.96. The van der Waals surface area contributed by atoms with Crippen LogP contribution in [0.15, 0.2) is 104 Å². The predicted molar refractivity (Wildman–Crippen MR) is 146 cm³/mol. The highest BCUT2D eigenvalue weighted by atomic mass is 28.4. The van der Waals surface area contributed by atoms with Gasteiger partial charge in [0, 0.05) is 5.56 Å². The third kappa shape index (κ3) is 6.34. The molecule has 0 fully saturated rings. The molecule has 0 aliphatic rings. The number of allylic oxidation sites excluding steroid dienone is 1. The Morgan fingerprint density at radius 2 is 1.38 bits per heavy atom. The van der Waals surface area contributed by atoms with Gasteiger partial charge in [0.05, 0.1) is 0 Å². The lowest BCUT2D eigenvalue weighted by Gasteiger charge is -2.44. The molecule has 0 heterocycles. The second kappa shape index (κ2) is 12.0. The number of unbranched alkanes of at least 4 members (excludes halogenated alkanes) is 1. The summed E-state index contributed by atoms with van der Waals surface area (Å²) in [5, 5.41) is 15.3. The van der Waals surface area contributed by atoms with Gasteiger partial charge in [-0.25, -0.2) is 4.74 Å². The zero-order chi connectivity index (χ0) is 24.4. The first-order valence-corrected chi connectivity index (χ1v) is 14.0. The van der Waals surface area contributed by atoms with E-state index in [1.54, 1.807) is 6.21 Å². The fourth-order valence-corrected chi connectivity index (χ4v) is 9.19. The Hall–Kier alpha value is -2.95. The Morgan fingerprint density at radius 1 is 0.882 bits per heavy atom. The van der Waals surface area contributed by atoms with Crippen molar-refractivity contribution in [3.05, 3.63) is 114 Å². The number of hydrogen-bond donors (Lipinski definition) is 0. The van der Waals surface area contributed by atoms with Crippen LogP contribution in [0.5, 0.6) is 0 Å². The Labute approximate surface area is 206 Å². The molecule has 0 aliphatic heterocycles. The van der Waals surface area contributed by atoms with Gasteiger partial charge in [-0.3, -0.25) is 0 Å². The SMILES string of the molecule is C=CCCC[C@H](/C=[N+](\[O-])Cc1ccccc1)O[Si](c1ccccc1)(c1ccccc1)C(C)(C)C. The highest BCUT2D eigenvalue weighted by Crippen LogP contribution is 2.37. The summed E-state index contributed by atoms with van der Waals surface area (Å²) in [4.78, 5) is 0. The third-order valence-corrected chi connectivity index (χ3v) is 11.2. The van der Waals surface area contributed by atoms with E-state index in [1.807, 2.05) is 48.5 Å². The van der Waals surface area contributed by atoms with Crippen LogP contribution in [0.4, 0.5) is 0 Å². The molecular weight excluding hydrogens is 434 g/mol. The quantitative estimate of drug-likeness (QED) is 0.0647. The standard InChI is InChI=1S/C30H37NO2Si/c1-5-6-10-19-27(25-31(32)24-26-17-11-7-12-18-26)33-34(30(2,3)4,28-20-13-8-14-21-28)29-22-15-9-16-23-29/h5,7-9,11-18,20-23,25,27H,1,6,10,19,24H2,2-4H3/b31-25-/t27-/m1/s1. The summed E-state index contributed by atoms with van der Waals surface area (Å²) in [6, 6.07) is 31.0. The second-order valence-electron chi connectivity index (χ2n) is 9.75. The molecule has 0 spiro atoms. The fourth-order valence-electron chi connectivity index (χ4n) is 4.55. The predicted octanol–water partition coefficient (Wildman–Crippen LogP) is 6.07. The van der Waals surface area contributed by atoms with Crippen LogP contribution in [-0.2, 0) is 11.0 Å². The summed E-state index contributed by atoms with van der Waals surface area (Å²) in [5.41, 5.74) is 0.990. The van der Waals surface area contributed by atoms with Gasteiger partial charge in [-0.05, 0) is 34.7 Å². The maximum atomic E-state index is 13.0. The van der Waals surface area contributed by atoms with Crippen LogP contribution >= 0.6 is 0 Å². The molecule has 0 bridgehead atoms. The first kappa shape index (κ1) is 25.7. The first-order valence-electron chi connectivity index (χ1n) is 12.1. The van der Waals surface area contributed by atoms with Crippen molar-refractivity contribution in [2.45, 2.75) is 57.7 Å². The minimum atomic E-state index is -2.75. The van der Waals surface area contributed by atoms with Gasteiger partial charge in [0.1, 0.15) is 6.10 Å². The highest BCUT2D eigenvalue weighted by Gasteiger charge is 2.51. The summed E-state index contributed by atoms with van der Waals surface area (Å²) >= 11 is 0. The van der Waals surface area contributed by atoms with E-state index in [9.17, 15) is 5.21 Å². The largest absolute Gasteiger partial charge is 0.624 e. The van der Waals surface area contributed by atoms with Gasteiger partial charge < -0.3 is 9.63 Å². The van der Waals surface area contributed by atoms with Crippen LogP contribution < -0.4 is 10.4 Å². The monoisotopic (exact) mass is 471 g/mol. The van der Waals surface area contributed by atoms with E-state index in [0.29, 0.717) is 6.54 Å². The van der Waals surface area contributed by atoms with Crippen LogP contribution in [0.25, 0.3) is 0 Å². The van der Waals surface area contributed by atoms with Crippen molar-refractivity contribution in [3.8, 4) is 0 Å². The van der Waals surface area contributed by atoms with E-state index in [2.05, 4.69) is 75.9 Å². The van der Waals surface area contributed by atoms with Gasteiger partial charge >= 0.3 is 0 Å². The van der Waals surface area contributed by atoms with E-state index in [0.717, 1.165) is 29.6 Å². The van der Waals surface area contributed by atoms with E-state index < -0.39 is 8.32 Å². The number of nitrogens with zero attached hydrogens (tertiary/aromatic N) is 1. The summed E-state index contributed by atoms with van der Waals surface area (Å²) in [5.74, 6) is 0. The van der Waals surface area contributed by atoms with Crippen LogP contribution in [0, 0.1) is 5.21 Å². The topological polar surface area (TPSA) is 35.3 Å². The molecule has 3 rings (SSSR count). The second-order valence-corrected chi connectivity index (χ2v) is 14.0. The average molecular weight is 472 g/mol. The van der Waals surface area contributed by atoms with Gasteiger partial charge in [0.2, 0.25) is 0 Å². The van der Waals surface area contributed by atoms with Crippen molar-refractivity contribution in [1.29, 1.82) is 0 Å². The minimum absolute atomic E-state index is 0.145. The number of hydroxylamine groups is 1. The van der Waals surface area contributed by atoms with Crippen LogP contribution in [0.3, 0.4) is 0 Å². The molecule has 3 nitrogen and oxygen atoms in total. The molecule has 34 heavy (non-hydrogen) atoms. The maximum absolute atomic E-state index is 13.0. The molecule has 0 saturated heterocycles. The van der Waals surface area contributed by atoms with Crippen LogP contribution in [0.2, 0.25) is 5.04 Å². The smallest absolute Gasteiger partial charge is 0.262 e. The van der Waals surface area contributed by atoms with Crippen molar-refractivity contribution < 1.29 is 9.16 Å². The maximum Gasteiger partial charge on any atom is 0.262 e. The molecule has 0 radical (unpaired) electrons. The molecule has 0 aliphatic carbocycles. The third-order valence-electron chi connectivity index (χ3n) is 6.16. The highest BCUT2D eigenvalue weighted by molar-refractivity contribution is 6.99. The van der Waals surface area contributed by atoms with Gasteiger partial charge in [0.15, 0.2) is 12.8 Å². The molecule has 4 heteroatoms. The van der Waals surface area contributed by atoms with Crippen LogP contribution in [-0.4, -0.2) is 25.4 Å². The minimum Gasteiger partial charge on any atom is -0.624 e. The summed E-state index contributed by atoms with van der Waals surface area (Å²) < 4.78 is 8.27. The molecule has 178 valence electrons. The number of hydrogen-bond acceptors (Lipinski definition) is 2. The van der Waals surface area contributed by atoms with E-state index in [-0.39, 0.29) is 11.1 Å². The summed E-state index contributed by atoms with van der Waals surface area (Å²) in [6.45, 7) is 11.0. The normalized spacial score (nSPS) is 13.4. The molecule has 0 N–H and O–H groups in total. The van der Waals surface area contributed by atoms with E-state index in [4.69, 9.17) is 4.43 Å². The Balaban J connectivity index is 2.06. The van der Waals surface area contributed by atoms with Crippen LogP contribution in [0.1, 0.15) is 45.6 Å². The van der Waals surface area contributed by atoms with Crippen molar-refractivity contribution in [2.75, 3.05) is 0 Å². The molecule has 1 atom stereocenters. The molecule has 3 aromatic rings. The average Bonchev–Trinajstić information content (AvgIpc) is 2.83. The van der Waals surface area contributed by atoms with Gasteiger partial charge in [0.25, 0.3) is 8.32 Å². The van der Waals surface area contributed by atoms with E-state index >= 15 is 0 Å². The van der Waals surface area contributed by atoms with Gasteiger partial charge in [-0.1, -0.05) is 118 Å². The van der Waals surface area contributed by atoms with Crippen molar-refractivity contribution >= 4 is 24.9 Å². The van der Waals surface area contributed by atoms with Gasteiger partial charge in [-0.2, -0.15) is 0 Å². The lowest BCUT2D eigenvalue weighted by molar-refractivity contribution is -0.472. The number of rotatable bonds is 11. The fraction of sp³-hybridized carbons (Fsp3) is 0.300.